The minimum absolute atomic E-state index is 0. The monoisotopic (exact) mass is 2000 g/mol. The molecule has 0 N–H and O–H groups in total. The van der Waals surface area contributed by atoms with Crippen LogP contribution in [0.1, 0.15) is 92.3 Å². The van der Waals surface area contributed by atoms with Crippen molar-refractivity contribution in [3.63, 3.8) is 0 Å². The number of imidazole rings is 4. The maximum Gasteiger partial charge on any atom is 1.00 e. The molecule has 0 aliphatic carbocycles. The fourth-order valence-electron chi connectivity index (χ4n) is 15.0. The van der Waals surface area contributed by atoms with E-state index in [0.29, 0.717) is 113 Å². The van der Waals surface area contributed by atoms with Crippen LogP contribution in [0.25, 0.3) is 101 Å². The Hall–Kier alpha value is -13.5. The first-order valence-corrected chi connectivity index (χ1v) is 43.2. The summed E-state index contributed by atoms with van der Waals surface area (Å²) < 4.78 is 88.4. The second-order valence-corrected chi connectivity index (χ2v) is 30.6. The van der Waals surface area contributed by atoms with Gasteiger partial charge in [0, 0.05) is 70.2 Å². The van der Waals surface area contributed by atoms with Crippen LogP contribution in [0.4, 0.5) is 14.4 Å². The molecule has 142 heavy (non-hydrogen) atoms. The second-order valence-electron chi connectivity index (χ2n) is 30.6. The molecule has 18 rings (SSSR count). The molecule has 0 saturated heterocycles. The molecule has 1 unspecified atom stereocenters. The smallest absolute Gasteiger partial charge is 0.465 e. The van der Waals surface area contributed by atoms with Crippen molar-refractivity contribution in [2.75, 3.05) is 33.4 Å². The number of aryl methyl sites for hydroxylation is 3. The van der Waals surface area contributed by atoms with Crippen molar-refractivity contribution >= 4 is 69.5 Å². The first kappa shape index (κ1) is 106. The van der Waals surface area contributed by atoms with Gasteiger partial charge in [-0.2, -0.15) is 15.0 Å². The van der Waals surface area contributed by atoms with Gasteiger partial charge in [0.1, 0.15) is 19.8 Å². The average Bonchev–Trinajstić information content (AvgIpc) is 1.63. The Morgan fingerprint density at radius 1 is 0.352 bits per heavy atom. The van der Waals surface area contributed by atoms with E-state index < -0.39 is 73.5 Å². The number of para-hydroxylation sites is 3. The van der Waals surface area contributed by atoms with Crippen LogP contribution in [0.3, 0.4) is 0 Å². The van der Waals surface area contributed by atoms with Gasteiger partial charge in [-0.05, 0) is 154 Å². The van der Waals surface area contributed by atoms with E-state index in [9.17, 15) is 43.2 Å². The molecule has 9 aromatic heterocycles. The molecular formula is C99H85K3N16O24. The summed E-state index contributed by atoms with van der Waals surface area (Å²) in [7, 11) is 5.51. The number of benzene rings is 9. The van der Waals surface area contributed by atoms with Crippen LogP contribution < -0.4 is 201 Å². The molecule has 43 heteroatoms. The summed E-state index contributed by atoms with van der Waals surface area (Å²) >= 11 is 0. The molecule has 0 amide bonds. The summed E-state index contributed by atoms with van der Waals surface area (Å²) in [6.45, 7) is 7.70. The molecule has 1 atom stereocenters. The molecule has 0 saturated carbocycles. The minimum atomic E-state index is -1.22. The third-order valence-electron chi connectivity index (χ3n) is 21.1. The molecule has 0 aliphatic rings. The number of hydrogen-bond donors (Lipinski definition) is 0. The van der Waals surface area contributed by atoms with E-state index in [-0.39, 0.29) is 208 Å². The topological polar surface area (TPSA) is 466 Å². The van der Waals surface area contributed by atoms with Crippen LogP contribution in [-0.4, -0.2) is 139 Å². The first-order chi connectivity index (χ1) is 67.6. The Kier molecular flexibility index (Phi) is 37.5. The maximum absolute atomic E-state index is 13.4. The standard InChI is InChI=1S/C34H31N5O8.C33H29N5O8.C32H28N6O8.3K/c1-4-43-32-35-28-11-7-10-27(31(40)45-21(2)46-34(42)44-20-23-16-17-38(3)18-23)29(28)39(32)19-22-12-14-24(15-13-22)25-8-5-6-9-26(25)30-36-33(41)47-37-30;1-3-42-31-34-27-10-6-9-26(30(39)44-20-45-33(41)43-19-22-15-16-37(2)17-22)28(27)38(31)18-21-11-13-23(14-12-21)24-7-4-5-8-25(24)29-35-32(40)46-36-29;1-3-42-30-34-26-10-6-9-25(29(39)44-19-45-32(41)43-17-22-16-37(2)18-33-22)27(26)38(30)15-20-11-13-21(14-12-20)23-7-4-5-8-24(23)28-35-31(40)46-36-28;;;/h5-18,21H,4,19-20H2,1-3H3,(H,36,37,41);4-17H,3,18-20H2,1-2H3,(H,35,36,40);4-14,16,18H,3,15,17,19H2,1-2H3,(H,35,36,40);;;/q;;;3*+1/p-3. The van der Waals surface area contributed by atoms with E-state index in [1.165, 1.54) is 6.92 Å². The number of ether oxygens (including phenoxy) is 12. The summed E-state index contributed by atoms with van der Waals surface area (Å²) in [5.41, 5.74) is 15.7. The zero-order valence-electron chi connectivity index (χ0n) is 78.5. The van der Waals surface area contributed by atoms with Gasteiger partial charge < -0.3 is 99.1 Å². The van der Waals surface area contributed by atoms with Gasteiger partial charge in [-0.1, -0.05) is 164 Å². The van der Waals surface area contributed by atoms with Gasteiger partial charge in [-0.3, -0.25) is 29.2 Å². The number of esters is 3. The maximum atomic E-state index is 13.4. The van der Waals surface area contributed by atoms with Gasteiger partial charge in [-0.25, -0.2) is 48.1 Å². The molecule has 0 fully saturated rings. The van der Waals surface area contributed by atoms with E-state index in [1.807, 2.05) is 227 Å². The number of carbonyl (C=O) groups is 6. The van der Waals surface area contributed by atoms with E-state index in [4.69, 9.17) is 56.8 Å². The zero-order chi connectivity index (χ0) is 97.0. The van der Waals surface area contributed by atoms with Crippen molar-refractivity contribution in [2.24, 2.45) is 21.1 Å². The van der Waals surface area contributed by atoms with Crippen molar-refractivity contribution in [1.82, 2.24) is 77.8 Å². The fourth-order valence-corrected chi connectivity index (χ4v) is 15.0. The molecule has 0 radical (unpaired) electrons. The first-order valence-electron chi connectivity index (χ1n) is 43.2. The summed E-state index contributed by atoms with van der Waals surface area (Å²) in [6.07, 6.45) is 6.42. The Labute approximate surface area is 934 Å². The predicted molar refractivity (Wildman–Crippen MR) is 494 cm³/mol. The SMILES string of the molecule is CCOc1nc2cccc(C(=O)OC(C)OC(=O)OCc3ccn(C)c3)c2n1Cc1ccc(-c2ccccc2-c2noc(=O)[n-]2)cc1.CCOc1nc2cccc(C(=O)OCOC(=O)OCc3ccn(C)c3)c2n1Cc1ccc(-c2ccccc2-c2noc(=O)[n-]2)cc1.CCOc1nc2cccc(C(=O)OCOC(=O)OCc3cn(C)cn3)c2n1Cc1ccc(-c2ccccc2-c2noc(=O)[n-]2)cc1.[K+].[K+].[K+]. The summed E-state index contributed by atoms with van der Waals surface area (Å²) in [6, 6.07) is 65.4. The number of hydrogen-bond acceptors (Lipinski definition) is 31. The molecule has 0 bridgehead atoms. The second kappa shape index (κ2) is 50.3. The van der Waals surface area contributed by atoms with Gasteiger partial charge >= 0.3 is 208 Å². The minimum Gasteiger partial charge on any atom is -0.465 e. The number of nitrogens with zero attached hydrogens (tertiary/aromatic N) is 16. The predicted octanol–water partition coefficient (Wildman–Crippen LogP) is 5.58. The Morgan fingerprint density at radius 3 is 1.01 bits per heavy atom. The normalized spacial score (nSPS) is 11.0. The quantitative estimate of drug-likeness (QED) is 0.0209. The van der Waals surface area contributed by atoms with E-state index >= 15 is 0 Å². The average molecular weight is 2000 g/mol. The van der Waals surface area contributed by atoms with Crippen LogP contribution in [0.15, 0.2) is 278 Å². The molecule has 9 aromatic carbocycles. The van der Waals surface area contributed by atoms with Gasteiger partial charge in [-0.15, -0.1) is 0 Å². The van der Waals surface area contributed by atoms with E-state index in [2.05, 4.69) is 63.9 Å². The summed E-state index contributed by atoms with van der Waals surface area (Å²) in [5.74, 6) is -3.77. The number of aromatic nitrogens is 16. The van der Waals surface area contributed by atoms with E-state index in [1.54, 1.807) is 92.4 Å². The molecule has 9 heterocycles. The van der Waals surface area contributed by atoms with Crippen LogP contribution in [-0.2, 0) is 103 Å². The van der Waals surface area contributed by atoms with Crippen LogP contribution >= 0.6 is 0 Å². The summed E-state index contributed by atoms with van der Waals surface area (Å²) in [4.78, 5) is 140. The van der Waals surface area contributed by atoms with Crippen molar-refractivity contribution in [2.45, 2.75) is 73.4 Å². The molecular weight excluding hydrogens is 1910 g/mol. The van der Waals surface area contributed by atoms with Crippen molar-refractivity contribution in [3.05, 3.63) is 331 Å². The van der Waals surface area contributed by atoms with Crippen molar-refractivity contribution in [1.29, 1.82) is 0 Å². The van der Waals surface area contributed by atoms with E-state index in [0.717, 1.165) is 61.2 Å². The Morgan fingerprint density at radius 2 is 0.690 bits per heavy atom. The van der Waals surface area contributed by atoms with Gasteiger partial charge in [0.2, 0.25) is 19.9 Å². The van der Waals surface area contributed by atoms with Crippen LogP contribution in [0.5, 0.6) is 18.0 Å². The van der Waals surface area contributed by atoms with Crippen LogP contribution in [0, 0.1) is 0 Å². The third kappa shape index (κ3) is 26.6. The van der Waals surface area contributed by atoms with Gasteiger partial charge in [0.25, 0.3) is 18.0 Å². The number of carbonyl (C=O) groups excluding carboxylic acids is 6. The third-order valence-corrected chi connectivity index (χ3v) is 21.1. The largest absolute Gasteiger partial charge is 1.00 e. The van der Waals surface area contributed by atoms with Crippen molar-refractivity contribution < 1.29 is 253 Å². The van der Waals surface area contributed by atoms with Crippen LogP contribution in [0.2, 0.25) is 0 Å². The van der Waals surface area contributed by atoms with Gasteiger partial charge in [0.15, 0.2) is 0 Å². The fraction of sp³-hybridized carbons (Fsp3) is 0.192. The molecule has 18 aromatic rings. The Bertz CT molecular complexity index is 7340. The van der Waals surface area contributed by atoms with Gasteiger partial charge in [0.05, 0.1) is 101 Å². The molecule has 0 aliphatic heterocycles. The summed E-state index contributed by atoms with van der Waals surface area (Å²) in [5, 5.41) is 11.3. The number of fused-ring (bicyclic) bond motifs is 3. The number of rotatable bonds is 33. The van der Waals surface area contributed by atoms with Crippen molar-refractivity contribution in [3.8, 4) is 85.6 Å². The molecule has 0 spiro atoms. The molecule has 708 valence electrons. The Balaban J connectivity index is 0.000000177. The zero-order valence-corrected chi connectivity index (χ0v) is 87.8. The molecule has 40 nitrogen and oxygen atoms in total.